The van der Waals surface area contributed by atoms with Gasteiger partial charge >= 0.3 is 0 Å². The zero-order valence-corrected chi connectivity index (χ0v) is 12.1. The number of aryl methyl sites for hydroxylation is 1. The monoisotopic (exact) mass is 297 g/mol. The van der Waals surface area contributed by atoms with Crippen LogP contribution in [-0.4, -0.2) is 17.3 Å². The molecule has 0 aromatic heterocycles. The summed E-state index contributed by atoms with van der Waals surface area (Å²) in [5, 5.41) is 3.99. The maximum absolute atomic E-state index is 11.8. The molecule has 1 aromatic rings. The minimum atomic E-state index is 0.113. The second kappa shape index (κ2) is 7.49. The molecule has 0 saturated heterocycles. The molecule has 1 rings (SSSR count). The standard InChI is InChI=1S/C14H20BrNO/c1-3-13(8-9-15)16-14(17)10-12-6-4-11(2)5-7-12/h4-7,13H,3,8-10H2,1-2H3,(H,16,17). The van der Waals surface area contributed by atoms with E-state index in [-0.39, 0.29) is 11.9 Å². The number of hydrogen-bond acceptors (Lipinski definition) is 1. The molecule has 94 valence electrons. The van der Waals surface area contributed by atoms with Gasteiger partial charge in [0.1, 0.15) is 0 Å². The first-order chi connectivity index (χ1) is 8.15. The number of halogens is 1. The topological polar surface area (TPSA) is 29.1 Å². The molecule has 1 N–H and O–H groups in total. The molecule has 0 aliphatic heterocycles. The molecule has 17 heavy (non-hydrogen) atoms. The van der Waals surface area contributed by atoms with Gasteiger partial charge in [0.25, 0.3) is 0 Å². The summed E-state index contributed by atoms with van der Waals surface area (Å²) in [5.74, 6) is 0.113. The van der Waals surface area contributed by atoms with Gasteiger partial charge in [-0.05, 0) is 25.3 Å². The maximum atomic E-state index is 11.8. The molecule has 0 heterocycles. The van der Waals surface area contributed by atoms with Crippen LogP contribution in [0.4, 0.5) is 0 Å². The van der Waals surface area contributed by atoms with Gasteiger partial charge in [-0.15, -0.1) is 0 Å². The Morgan fingerprint density at radius 3 is 2.53 bits per heavy atom. The lowest BCUT2D eigenvalue weighted by Gasteiger charge is -2.15. The summed E-state index contributed by atoms with van der Waals surface area (Å²) in [5.41, 5.74) is 2.29. The predicted octanol–water partition coefficient (Wildman–Crippen LogP) is 3.22. The Hall–Kier alpha value is -0.830. The summed E-state index contributed by atoms with van der Waals surface area (Å²) in [7, 11) is 0. The van der Waals surface area contributed by atoms with E-state index < -0.39 is 0 Å². The minimum Gasteiger partial charge on any atom is -0.353 e. The second-order valence-corrected chi connectivity index (χ2v) is 5.11. The molecule has 1 amide bonds. The molecule has 0 radical (unpaired) electrons. The Morgan fingerprint density at radius 1 is 1.35 bits per heavy atom. The van der Waals surface area contributed by atoms with Crippen molar-refractivity contribution in [2.45, 2.75) is 39.2 Å². The largest absolute Gasteiger partial charge is 0.353 e. The number of rotatable bonds is 6. The number of benzene rings is 1. The van der Waals surface area contributed by atoms with Gasteiger partial charge in [-0.1, -0.05) is 52.7 Å². The summed E-state index contributed by atoms with van der Waals surface area (Å²) in [4.78, 5) is 11.8. The Balaban J connectivity index is 2.46. The summed E-state index contributed by atoms with van der Waals surface area (Å²) >= 11 is 3.40. The summed E-state index contributed by atoms with van der Waals surface area (Å²) < 4.78 is 0. The van der Waals surface area contributed by atoms with E-state index in [0.717, 1.165) is 23.7 Å². The van der Waals surface area contributed by atoms with Crippen molar-refractivity contribution in [1.82, 2.24) is 5.32 Å². The number of carbonyl (C=O) groups excluding carboxylic acids is 1. The molecule has 0 saturated carbocycles. The Labute approximate surface area is 112 Å². The molecule has 0 bridgehead atoms. The highest BCUT2D eigenvalue weighted by Crippen LogP contribution is 2.05. The van der Waals surface area contributed by atoms with Crippen molar-refractivity contribution in [2.24, 2.45) is 0 Å². The quantitative estimate of drug-likeness (QED) is 0.803. The van der Waals surface area contributed by atoms with Crippen molar-refractivity contribution in [3.05, 3.63) is 35.4 Å². The fourth-order valence-electron chi connectivity index (χ4n) is 1.68. The van der Waals surface area contributed by atoms with Crippen molar-refractivity contribution in [3.63, 3.8) is 0 Å². The molecule has 1 unspecified atom stereocenters. The van der Waals surface area contributed by atoms with Crippen LogP contribution in [0, 0.1) is 6.92 Å². The number of carbonyl (C=O) groups is 1. The number of hydrogen-bond donors (Lipinski definition) is 1. The first kappa shape index (κ1) is 14.2. The van der Waals surface area contributed by atoms with Crippen LogP contribution < -0.4 is 5.32 Å². The minimum absolute atomic E-state index is 0.113. The SMILES string of the molecule is CCC(CCBr)NC(=O)Cc1ccc(C)cc1. The van der Waals surface area contributed by atoms with Crippen LogP contribution in [-0.2, 0) is 11.2 Å². The van der Waals surface area contributed by atoms with Crippen molar-refractivity contribution in [3.8, 4) is 0 Å². The highest BCUT2D eigenvalue weighted by molar-refractivity contribution is 9.09. The zero-order valence-electron chi connectivity index (χ0n) is 10.5. The van der Waals surface area contributed by atoms with Gasteiger partial charge in [-0.3, -0.25) is 4.79 Å². The zero-order chi connectivity index (χ0) is 12.7. The van der Waals surface area contributed by atoms with Gasteiger partial charge in [0.15, 0.2) is 0 Å². The van der Waals surface area contributed by atoms with Crippen LogP contribution in [0.3, 0.4) is 0 Å². The first-order valence-corrected chi connectivity index (χ1v) is 7.18. The fraction of sp³-hybridized carbons (Fsp3) is 0.500. The van der Waals surface area contributed by atoms with E-state index in [1.165, 1.54) is 5.56 Å². The van der Waals surface area contributed by atoms with E-state index >= 15 is 0 Å². The third-order valence-electron chi connectivity index (χ3n) is 2.80. The van der Waals surface area contributed by atoms with Gasteiger partial charge in [-0.25, -0.2) is 0 Å². The lowest BCUT2D eigenvalue weighted by Crippen LogP contribution is -2.35. The normalized spacial score (nSPS) is 12.2. The van der Waals surface area contributed by atoms with E-state index in [1.807, 2.05) is 31.2 Å². The summed E-state index contributed by atoms with van der Waals surface area (Å²) in [6, 6.07) is 8.39. The Morgan fingerprint density at radius 2 is 2.00 bits per heavy atom. The third-order valence-corrected chi connectivity index (χ3v) is 3.26. The van der Waals surface area contributed by atoms with Crippen molar-refractivity contribution in [1.29, 1.82) is 0 Å². The highest BCUT2D eigenvalue weighted by atomic mass is 79.9. The van der Waals surface area contributed by atoms with Crippen molar-refractivity contribution >= 4 is 21.8 Å². The third kappa shape index (κ3) is 5.35. The van der Waals surface area contributed by atoms with Gasteiger partial charge in [0.05, 0.1) is 6.42 Å². The van der Waals surface area contributed by atoms with E-state index in [4.69, 9.17) is 0 Å². The molecule has 0 aliphatic carbocycles. The van der Waals surface area contributed by atoms with Crippen LogP contribution in [0.25, 0.3) is 0 Å². The van der Waals surface area contributed by atoms with E-state index in [1.54, 1.807) is 0 Å². The smallest absolute Gasteiger partial charge is 0.224 e. The average Bonchev–Trinajstić information content (AvgIpc) is 2.31. The van der Waals surface area contributed by atoms with E-state index in [9.17, 15) is 4.79 Å². The Bertz CT molecular complexity index is 348. The lowest BCUT2D eigenvalue weighted by atomic mass is 10.1. The molecule has 2 nitrogen and oxygen atoms in total. The number of alkyl halides is 1. The molecule has 3 heteroatoms. The molecular formula is C14H20BrNO. The van der Waals surface area contributed by atoms with Crippen LogP contribution >= 0.6 is 15.9 Å². The fourth-order valence-corrected chi connectivity index (χ4v) is 2.23. The first-order valence-electron chi connectivity index (χ1n) is 6.06. The molecule has 1 atom stereocenters. The maximum Gasteiger partial charge on any atom is 0.224 e. The van der Waals surface area contributed by atoms with Gasteiger partial charge in [0, 0.05) is 11.4 Å². The molecule has 0 fully saturated rings. The van der Waals surface area contributed by atoms with E-state index in [0.29, 0.717) is 6.42 Å². The molecule has 0 aliphatic rings. The summed E-state index contributed by atoms with van der Waals surface area (Å²) in [6.45, 7) is 4.15. The Kier molecular flexibility index (Phi) is 6.27. The van der Waals surface area contributed by atoms with Crippen LogP contribution in [0.15, 0.2) is 24.3 Å². The van der Waals surface area contributed by atoms with Gasteiger partial charge in [-0.2, -0.15) is 0 Å². The summed E-state index contributed by atoms with van der Waals surface area (Å²) in [6.07, 6.45) is 2.43. The van der Waals surface area contributed by atoms with Crippen LogP contribution in [0.2, 0.25) is 0 Å². The van der Waals surface area contributed by atoms with E-state index in [2.05, 4.69) is 28.2 Å². The molecule has 0 spiro atoms. The van der Waals surface area contributed by atoms with Crippen molar-refractivity contribution in [2.75, 3.05) is 5.33 Å². The van der Waals surface area contributed by atoms with Crippen molar-refractivity contribution < 1.29 is 4.79 Å². The highest BCUT2D eigenvalue weighted by Gasteiger charge is 2.09. The average molecular weight is 298 g/mol. The van der Waals surface area contributed by atoms with Crippen LogP contribution in [0.5, 0.6) is 0 Å². The second-order valence-electron chi connectivity index (χ2n) is 4.31. The lowest BCUT2D eigenvalue weighted by molar-refractivity contribution is -0.121. The molecular weight excluding hydrogens is 278 g/mol. The number of amides is 1. The molecule has 1 aromatic carbocycles. The number of nitrogens with one attached hydrogen (secondary N) is 1. The predicted molar refractivity (Wildman–Crippen MR) is 75.5 cm³/mol. The van der Waals surface area contributed by atoms with Crippen LogP contribution in [0.1, 0.15) is 30.9 Å². The van der Waals surface area contributed by atoms with Gasteiger partial charge in [0.2, 0.25) is 5.91 Å². The van der Waals surface area contributed by atoms with Gasteiger partial charge < -0.3 is 5.32 Å².